The smallest absolute Gasteiger partial charge is 0.269 e. The lowest BCUT2D eigenvalue weighted by Crippen LogP contribution is -2.37. The highest BCUT2D eigenvalue weighted by Crippen LogP contribution is 2.44. The number of rotatable bonds is 2. The van der Waals surface area contributed by atoms with E-state index in [0.29, 0.717) is 10.7 Å². The molecule has 0 radical (unpaired) electrons. The second-order valence-electron chi connectivity index (χ2n) is 4.85. The van der Waals surface area contributed by atoms with Gasteiger partial charge in [-0.25, -0.2) is 4.99 Å². The number of nitrogens with two attached hydrogens (primary N) is 2. The fourth-order valence-corrected chi connectivity index (χ4v) is 3.33. The third kappa shape index (κ3) is 2.22. The molecule has 0 bridgehead atoms. The zero-order valence-corrected chi connectivity index (χ0v) is 12.8. The number of non-ortho nitro benzene ring substituents is 1. The zero-order chi connectivity index (χ0) is 17.4. The molecule has 0 aromatic heterocycles. The highest BCUT2D eigenvalue weighted by Gasteiger charge is 2.40. The van der Waals surface area contributed by atoms with Gasteiger partial charge in [-0.1, -0.05) is 0 Å². The summed E-state index contributed by atoms with van der Waals surface area (Å²) in [6, 6.07) is 9.01. The average Bonchev–Trinajstić information content (AvgIpc) is 2.89. The number of hydrogen-bond acceptors (Lipinski definition) is 9. The van der Waals surface area contributed by atoms with Gasteiger partial charge in [0.15, 0.2) is 5.17 Å². The Morgan fingerprint density at radius 3 is 2.46 bits per heavy atom. The fraction of sp³-hybridized carbons (Fsp3) is 0.0714. The van der Waals surface area contributed by atoms with Crippen molar-refractivity contribution in [2.45, 2.75) is 6.04 Å². The minimum absolute atomic E-state index is 0.0339. The summed E-state index contributed by atoms with van der Waals surface area (Å²) in [6.45, 7) is 0. The number of nitro benzene ring substituents is 1. The molecule has 24 heavy (non-hydrogen) atoms. The summed E-state index contributed by atoms with van der Waals surface area (Å²) >= 11 is 1.06. The van der Waals surface area contributed by atoms with Crippen LogP contribution in [-0.2, 0) is 0 Å². The SMILES string of the molecule is N#CC1=C(N)N2C(=NC(N)=C(C#N)C2c2ccc([N+](=O)[O-])cc2)S1. The zero-order valence-electron chi connectivity index (χ0n) is 12.0. The number of fused-ring (bicyclic) bond motifs is 1. The van der Waals surface area contributed by atoms with Crippen molar-refractivity contribution in [2.75, 3.05) is 0 Å². The van der Waals surface area contributed by atoms with Gasteiger partial charge in [0.1, 0.15) is 34.7 Å². The molecule has 0 spiro atoms. The second kappa shape index (κ2) is 5.61. The van der Waals surface area contributed by atoms with Gasteiger partial charge in [0.25, 0.3) is 5.69 Å². The van der Waals surface area contributed by atoms with Crippen molar-refractivity contribution in [3.05, 3.63) is 62.1 Å². The van der Waals surface area contributed by atoms with Crippen LogP contribution < -0.4 is 11.5 Å². The number of allylic oxidation sites excluding steroid dienone is 1. The van der Waals surface area contributed by atoms with E-state index in [9.17, 15) is 15.4 Å². The Balaban J connectivity index is 2.14. The first kappa shape index (κ1) is 15.4. The molecule has 0 aliphatic carbocycles. The lowest BCUT2D eigenvalue weighted by atomic mass is 9.96. The molecule has 0 amide bonds. The molecule has 2 aliphatic rings. The van der Waals surface area contributed by atoms with Gasteiger partial charge in [0.05, 0.1) is 10.5 Å². The highest BCUT2D eigenvalue weighted by atomic mass is 32.2. The van der Waals surface area contributed by atoms with Crippen molar-refractivity contribution in [3.8, 4) is 12.1 Å². The lowest BCUT2D eigenvalue weighted by Gasteiger charge is -2.32. The number of benzene rings is 1. The van der Waals surface area contributed by atoms with Gasteiger partial charge in [-0.05, 0) is 29.5 Å². The predicted molar refractivity (Wildman–Crippen MR) is 86.4 cm³/mol. The average molecular weight is 339 g/mol. The Labute approximate surface area is 140 Å². The molecule has 1 atom stereocenters. The van der Waals surface area contributed by atoms with Crippen LogP contribution in [-0.4, -0.2) is 15.0 Å². The van der Waals surface area contributed by atoms with E-state index in [0.717, 1.165) is 11.8 Å². The third-order valence-corrected chi connectivity index (χ3v) is 4.53. The van der Waals surface area contributed by atoms with Crippen molar-refractivity contribution >= 4 is 22.6 Å². The minimum atomic E-state index is -0.693. The van der Waals surface area contributed by atoms with Crippen molar-refractivity contribution < 1.29 is 4.92 Å². The largest absolute Gasteiger partial charge is 0.383 e. The highest BCUT2D eigenvalue weighted by molar-refractivity contribution is 8.17. The Hall–Kier alpha value is -3.50. The molecule has 1 aromatic rings. The molecule has 9 nitrogen and oxygen atoms in total. The predicted octanol–water partition coefficient (Wildman–Crippen LogP) is 1.40. The number of nitro groups is 1. The molecular weight excluding hydrogens is 330 g/mol. The molecule has 10 heteroatoms. The van der Waals surface area contributed by atoms with Crippen LogP contribution in [0.15, 0.2) is 51.4 Å². The maximum atomic E-state index is 10.8. The molecule has 1 aromatic carbocycles. The van der Waals surface area contributed by atoms with Gasteiger partial charge in [-0.3, -0.25) is 15.0 Å². The molecule has 0 saturated heterocycles. The van der Waals surface area contributed by atoms with Gasteiger partial charge in [-0.2, -0.15) is 10.5 Å². The Morgan fingerprint density at radius 1 is 1.25 bits per heavy atom. The molecular formula is C14H9N7O2S. The topological polar surface area (TPSA) is 158 Å². The van der Waals surface area contributed by atoms with Crippen LogP contribution in [0.4, 0.5) is 5.69 Å². The van der Waals surface area contributed by atoms with Gasteiger partial charge in [-0.15, -0.1) is 0 Å². The van der Waals surface area contributed by atoms with Crippen LogP contribution in [0.1, 0.15) is 11.6 Å². The van der Waals surface area contributed by atoms with E-state index >= 15 is 0 Å². The van der Waals surface area contributed by atoms with E-state index in [-0.39, 0.29) is 27.8 Å². The first-order valence-electron chi connectivity index (χ1n) is 6.57. The molecule has 4 N–H and O–H groups in total. The first-order chi connectivity index (χ1) is 11.5. The van der Waals surface area contributed by atoms with E-state index in [4.69, 9.17) is 16.7 Å². The fourth-order valence-electron chi connectivity index (χ4n) is 2.46. The van der Waals surface area contributed by atoms with Crippen molar-refractivity contribution in [1.29, 1.82) is 10.5 Å². The van der Waals surface area contributed by atoms with Gasteiger partial charge in [0, 0.05) is 12.1 Å². The summed E-state index contributed by atoms with van der Waals surface area (Å²) < 4.78 is 0. The van der Waals surface area contributed by atoms with E-state index < -0.39 is 11.0 Å². The molecule has 1 unspecified atom stereocenters. The number of nitriles is 2. The monoisotopic (exact) mass is 339 g/mol. The summed E-state index contributed by atoms with van der Waals surface area (Å²) in [4.78, 5) is 16.2. The Morgan fingerprint density at radius 2 is 1.92 bits per heavy atom. The number of aliphatic imine (C=N–C) groups is 1. The third-order valence-electron chi connectivity index (χ3n) is 3.56. The standard InChI is InChI=1S/C14H9N7O2S/c15-5-9-11(7-1-3-8(4-2-7)21(22)23)20-13(18)10(6-16)24-14(20)19-12(9)17/h1-4,11H,17-18H2. The van der Waals surface area contributed by atoms with Crippen LogP contribution >= 0.6 is 11.8 Å². The number of thioether (sulfide) groups is 1. The van der Waals surface area contributed by atoms with Gasteiger partial charge < -0.3 is 11.5 Å². The molecule has 2 aliphatic heterocycles. The quantitative estimate of drug-likeness (QED) is 0.604. The van der Waals surface area contributed by atoms with Crippen LogP contribution in [0.3, 0.4) is 0 Å². The van der Waals surface area contributed by atoms with E-state index in [2.05, 4.69) is 4.99 Å². The Bertz CT molecular complexity index is 918. The maximum Gasteiger partial charge on any atom is 0.269 e. The van der Waals surface area contributed by atoms with Crippen LogP contribution in [0.2, 0.25) is 0 Å². The normalized spacial score (nSPS) is 19.5. The molecule has 0 fully saturated rings. The molecule has 0 saturated carbocycles. The summed E-state index contributed by atoms with van der Waals surface area (Å²) in [5, 5.41) is 29.8. The van der Waals surface area contributed by atoms with Gasteiger partial charge >= 0.3 is 0 Å². The summed E-state index contributed by atoms with van der Waals surface area (Å²) in [7, 11) is 0. The number of amidine groups is 1. The van der Waals surface area contributed by atoms with Crippen molar-refractivity contribution in [1.82, 2.24) is 4.90 Å². The summed E-state index contributed by atoms with van der Waals surface area (Å²) in [5.74, 6) is 0.205. The van der Waals surface area contributed by atoms with Gasteiger partial charge in [0.2, 0.25) is 0 Å². The number of hydrogen-bond donors (Lipinski definition) is 2. The van der Waals surface area contributed by atoms with Crippen molar-refractivity contribution in [3.63, 3.8) is 0 Å². The molecule has 3 rings (SSSR count). The van der Waals surface area contributed by atoms with Crippen LogP contribution in [0.5, 0.6) is 0 Å². The Kier molecular flexibility index (Phi) is 3.60. The van der Waals surface area contributed by atoms with E-state index in [1.807, 2.05) is 12.1 Å². The second-order valence-corrected chi connectivity index (χ2v) is 5.83. The summed E-state index contributed by atoms with van der Waals surface area (Å²) in [5.41, 5.74) is 12.5. The number of nitrogens with zero attached hydrogens (tertiary/aromatic N) is 5. The van der Waals surface area contributed by atoms with Crippen LogP contribution in [0, 0.1) is 32.8 Å². The first-order valence-corrected chi connectivity index (χ1v) is 7.39. The molecule has 118 valence electrons. The van der Waals surface area contributed by atoms with E-state index in [1.54, 1.807) is 4.90 Å². The van der Waals surface area contributed by atoms with E-state index in [1.165, 1.54) is 24.3 Å². The maximum absolute atomic E-state index is 10.8. The van der Waals surface area contributed by atoms with Crippen LogP contribution in [0.25, 0.3) is 0 Å². The minimum Gasteiger partial charge on any atom is -0.383 e. The van der Waals surface area contributed by atoms with Crippen molar-refractivity contribution in [2.24, 2.45) is 16.5 Å². The summed E-state index contributed by atoms with van der Waals surface area (Å²) in [6.07, 6.45) is 0. The lowest BCUT2D eigenvalue weighted by molar-refractivity contribution is -0.384. The molecule has 2 heterocycles.